The second kappa shape index (κ2) is 16.6. The minimum absolute atomic E-state index is 0.0548. The van der Waals surface area contributed by atoms with Crippen LogP contribution in [0.2, 0.25) is 0 Å². The molecular formula is C39H43F4N7OS. The van der Waals surface area contributed by atoms with Gasteiger partial charge in [0.15, 0.2) is 11.0 Å². The molecule has 1 N–H and O–H groups in total. The molecule has 0 amide bonds. The van der Waals surface area contributed by atoms with Crippen molar-refractivity contribution in [1.82, 2.24) is 34.5 Å². The van der Waals surface area contributed by atoms with Crippen molar-refractivity contribution in [3.63, 3.8) is 0 Å². The summed E-state index contributed by atoms with van der Waals surface area (Å²) >= 11 is 1.44. The lowest BCUT2D eigenvalue weighted by molar-refractivity contribution is -0.137. The second-order valence-corrected chi connectivity index (χ2v) is 14.0. The predicted octanol–water partition coefficient (Wildman–Crippen LogP) is 7.53. The fraction of sp³-hybridized carbons (Fsp3) is 0.385. The van der Waals surface area contributed by atoms with E-state index in [1.807, 2.05) is 16.7 Å². The highest BCUT2D eigenvalue weighted by Gasteiger charge is 2.30. The summed E-state index contributed by atoms with van der Waals surface area (Å²) in [6.45, 7) is 10.8. The molecule has 6 rings (SSSR count). The van der Waals surface area contributed by atoms with E-state index in [1.165, 1.54) is 36.0 Å². The van der Waals surface area contributed by atoms with Crippen molar-refractivity contribution in [1.29, 1.82) is 0 Å². The number of rotatable bonds is 15. The molecule has 0 spiro atoms. The molecule has 1 aliphatic carbocycles. The normalized spacial score (nSPS) is 13.5. The second-order valence-electron chi connectivity index (χ2n) is 13.0. The Morgan fingerprint density at radius 1 is 0.962 bits per heavy atom. The van der Waals surface area contributed by atoms with Crippen LogP contribution in [0.3, 0.4) is 0 Å². The summed E-state index contributed by atoms with van der Waals surface area (Å²) < 4.78 is 57.5. The lowest BCUT2D eigenvalue weighted by atomic mass is 9.94. The van der Waals surface area contributed by atoms with Crippen LogP contribution in [-0.2, 0) is 37.9 Å². The van der Waals surface area contributed by atoms with Crippen LogP contribution in [-0.4, -0.2) is 55.4 Å². The first-order valence-electron chi connectivity index (χ1n) is 17.7. The standard InChI is InChI=1S/C39H43F4N7OS/c1-4-48(5-2)20-19-44-26(3)34-21-29(28-13-15-31(16-14-28)39(41,42)43)11-12-30(34)22-49-25-45-47-36(49)23-50-35-8-6-7-33(35)37(51)46-38(50)52-24-27-9-17-32(40)18-10-27/h9-18,21,25-26,44H,4-8,19-20,22-24H2,1-3H3. The van der Waals surface area contributed by atoms with E-state index in [-0.39, 0.29) is 17.4 Å². The first kappa shape index (κ1) is 37.4. The average Bonchev–Trinajstić information content (AvgIpc) is 3.81. The van der Waals surface area contributed by atoms with E-state index in [2.05, 4.69) is 56.8 Å². The molecule has 52 heavy (non-hydrogen) atoms. The number of hydrogen-bond acceptors (Lipinski definition) is 7. The number of benzene rings is 3. The molecule has 2 heterocycles. The number of hydrogen-bond donors (Lipinski definition) is 1. The Bertz CT molecular complexity index is 2020. The molecule has 5 aromatic rings. The summed E-state index contributed by atoms with van der Waals surface area (Å²) in [6, 6.07) is 17.5. The van der Waals surface area contributed by atoms with E-state index in [0.29, 0.717) is 41.8 Å². The molecule has 2 aromatic heterocycles. The molecule has 0 bridgehead atoms. The van der Waals surface area contributed by atoms with E-state index in [4.69, 9.17) is 0 Å². The van der Waals surface area contributed by atoms with Crippen molar-refractivity contribution < 1.29 is 17.6 Å². The third-order valence-electron chi connectivity index (χ3n) is 9.75. The number of likely N-dealkylation sites (N-methyl/N-ethyl adjacent to an activating group) is 1. The zero-order valence-electron chi connectivity index (χ0n) is 29.6. The van der Waals surface area contributed by atoms with Crippen molar-refractivity contribution in [3.05, 3.63) is 129 Å². The van der Waals surface area contributed by atoms with Gasteiger partial charge in [-0.1, -0.05) is 62.0 Å². The van der Waals surface area contributed by atoms with Crippen molar-refractivity contribution in [2.45, 2.75) is 76.3 Å². The summed E-state index contributed by atoms with van der Waals surface area (Å²) in [5.74, 6) is 0.914. The van der Waals surface area contributed by atoms with Crippen molar-refractivity contribution in [3.8, 4) is 11.1 Å². The third-order valence-corrected chi connectivity index (χ3v) is 10.8. The van der Waals surface area contributed by atoms with Gasteiger partial charge in [-0.2, -0.15) is 18.2 Å². The van der Waals surface area contributed by atoms with Crippen LogP contribution in [0, 0.1) is 5.82 Å². The van der Waals surface area contributed by atoms with Crippen molar-refractivity contribution in [2.75, 3.05) is 26.2 Å². The van der Waals surface area contributed by atoms with Crippen LogP contribution in [0.5, 0.6) is 0 Å². The molecule has 1 unspecified atom stereocenters. The highest BCUT2D eigenvalue weighted by Crippen LogP contribution is 2.33. The number of thioether (sulfide) groups is 1. The van der Waals surface area contributed by atoms with Crippen LogP contribution in [0.1, 0.15) is 72.6 Å². The third kappa shape index (κ3) is 8.82. The predicted molar refractivity (Wildman–Crippen MR) is 196 cm³/mol. The van der Waals surface area contributed by atoms with Crippen LogP contribution in [0.25, 0.3) is 11.1 Å². The molecule has 0 saturated carbocycles. The van der Waals surface area contributed by atoms with Gasteiger partial charge in [-0.3, -0.25) is 4.79 Å². The van der Waals surface area contributed by atoms with Crippen LogP contribution < -0.4 is 10.9 Å². The molecule has 0 radical (unpaired) electrons. The summed E-state index contributed by atoms with van der Waals surface area (Å²) in [5.41, 5.74) is 5.31. The van der Waals surface area contributed by atoms with Crippen molar-refractivity contribution in [2.24, 2.45) is 0 Å². The van der Waals surface area contributed by atoms with Crippen LogP contribution in [0.15, 0.2) is 83.0 Å². The zero-order valence-corrected chi connectivity index (χ0v) is 30.4. The summed E-state index contributed by atoms with van der Waals surface area (Å²) in [6.07, 6.45) is -0.384. The summed E-state index contributed by atoms with van der Waals surface area (Å²) in [5, 5.41) is 13.0. The molecule has 0 saturated heterocycles. The van der Waals surface area contributed by atoms with Gasteiger partial charge in [0.25, 0.3) is 5.56 Å². The van der Waals surface area contributed by atoms with Gasteiger partial charge >= 0.3 is 6.18 Å². The molecule has 0 aliphatic heterocycles. The van der Waals surface area contributed by atoms with Gasteiger partial charge in [0, 0.05) is 36.1 Å². The van der Waals surface area contributed by atoms with Gasteiger partial charge in [0.05, 0.1) is 18.7 Å². The Labute approximate surface area is 305 Å². The number of nitrogens with zero attached hydrogens (tertiary/aromatic N) is 6. The van der Waals surface area contributed by atoms with E-state index in [9.17, 15) is 22.4 Å². The average molecular weight is 734 g/mol. The lowest BCUT2D eigenvalue weighted by Crippen LogP contribution is -2.33. The fourth-order valence-corrected chi connectivity index (χ4v) is 7.67. The van der Waals surface area contributed by atoms with Gasteiger partial charge in [0.1, 0.15) is 12.1 Å². The molecule has 13 heteroatoms. The number of halogens is 4. The SMILES string of the molecule is CCN(CC)CCNC(C)c1cc(-c2ccc(C(F)(F)F)cc2)ccc1Cn1cnnc1Cn1c(SCc2ccc(F)cc2)nc(=O)c2c1CCC2. The maximum absolute atomic E-state index is 13.5. The Kier molecular flexibility index (Phi) is 11.9. The number of fused-ring (bicyclic) bond motifs is 1. The van der Waals surface area contributed by atoms with E-state index in [1.54, 1.807) is 18.5 Å². The number of alkyl halides is 3. The molecule has 1 atom stereocenters. The Morgan fingerprint density at radius 2 is 1.69 bits per heavy atom. The monoisotopic (exact) mass is 733 g/mol. The highest BCUT2D eigenvalue weighted by atomic mass is 32.2. The smallest absolute Gasteiger partial charge is 0.316 e. The minimum Gasteiger partial charge on any atom is -0.316 e. The number of nitrogens with one attached hydrogen (secondary N) is 1. The maximum atomic E-state index is 13.5. The van der Waals surface area contributed by atoms with Crippen molar-refractivity contribution >= 4 is 11.8 Å². The Hall–Kier alpha value is -4.33. The first-order valence-corrected chi connectivity index (χ1v) is 18.6. The maximum Gasteiger partial charge on any atom is 0.416 e. The van der Waals surface area contributed by atoms with E-state index < -0.39 is 11.7 Å². The fourth-order valence-electron chi connectivity index (χ4n) is 6.71. The van der Waals surface area contributed by atoms with Gasteiger partial charge in [0.2, 0.25) is 0 Å². The Morgan fingerprint density at radius 3 is 2.40 bits per heavy atom. The van der Waals surface area contributed by atoms with E-state index in [0.717, 1.165) is 84.7 Å². The molecular weight excluding hydrogens is 691 g/mol. The van der Waals surface area contributed by atoms with Gasteiger partial charge in [-0.25, -0.2) is 4.39 Å². The highest BCUT2D eigenvalue weighted by molar-refractivity contribution is 7.98. The van der Waals surface area contributed by atoms with E-state index >= 15 is 0 Å². The molecule has 8 nitrogen and oxygen atoms in total. The topological polar surface area (TPSA) is 80.9 Å². The van der Waals surface area contributed by atoms with Gasteiger partial charge < -0.3 is 19.4 Å². The molecule has 3 aromatic carbocycles. The van der Waals surface area contributed by atoms with Crippen LogP contribution in [0.4, 0.5) is 17.6 Å². The lowest BCUT2D eigenvalue weighted by Gasteiger charge is -2.23. The summed E-state index contributed by atoms with van der Waals surface area (Å²) in [4.78, 5) is 19.8. The largest absolute Gasteiger partial charge is 0.416 e. The van der Waals surface area contributed by atoms with Gasteiger partial charge in [-0.05, 0) is 97.4 Å². The Balaban J connectivity index is 1.29. The van der Waals surface area contributed by atoms with Crippen LogP contribution >= 0.6 is 11.8 Å². The molecule has 0 fully saturated rings. The zero-order chi connectivity index (χ0) is 36.8. The molecule has 274 valence electrons. The minimum atomic E-state index is -4.40. The number of aromatic nitrogens is 5. The first-order chi connectivity index (χ1) is 25.0. The quantitative estimate of drug-likeness (QED) is 0.0677. The molecule has 1 aliphatic rings. The van der Waals surface area contributed by atoms with Gasteiger partial charge in [-0.15, -0.1) is 10.2 Å². The summed E-state index contributed by atoms with van der Waals surface area (Å²) in [7, 11) is 0.